The first-order valence-corrected chi connectivity index (χ1v) is 4.78. The molecule has 5 heteroatoms. The predicted molar refractivity (Wildman–Crippen MR) is 58.1 cm³/mol. The van der Waals surface area contributed by atoms with Crippen LogP contribution in [0.2, 0.25) is 5.02 Å². The Kier molecular flexibility index (Phi) is 2.60. The van der Waals surface area contributed by atoms with Gasteiger partial charge >= 0.3 is 0 Å². The number of para-hydroxylation sites is 1. The van der Waals surface area contributed by atoms with Gasteiger partial charge in [-0.15, -0.1) is 0 Å². The van der Waals surface area contributed by atoms with Crippen molar-refractivity contribution in [2.75, 3.05) is 12.4 Å². The molecule has 1 heterocycles. The van der Waals surface area contributed by atoms with E-state index in [1.807, 2.05) is 0 Å². The molecule has 0 aliphatic carbocycles. The van der Waals surface area contributed by atoms with Crippen LogP contribution in [-0.2, 0) is 0 Å². The molecule has 2 rings (SSSR count). The van der Waals surface area contributed by atoms with Crippen LogP contribution < -0.4 is 5.32 Å². The lowest BCUT2D eigenvalue weighted by Gasteiger charge is -2.07. The van der Waals surface area contributed by atoms with Gasteiger partial charge in [-0.2, -0.15) is 5.10 Å². The van der Waals surface area contributed by atoms with E-state index in [4.69, 9.17) is 11.6 Å². The van der Waals surface area contributed by atoms with Gasteiger partial charge in [0.15, 0.2) is 0 Å². The highest BCUT2D eigenvalue weighted by Gasteiger charge is 2.11. The van der Waals surface area contributed by atoms with E-state index >= 15 is 0 Å². The number of nitrogens with zero attached hydrogens (tertiary/aromatic N) is 2. The predicted octanol–water partition coefficient (Wildman–Crippen LogP) is 2.71. The van der Waals surface area contributed by atoms with Crippen molar-refractivity contribution < 1.29 is 4.39 Å². The minimum absolute atomic E-state index is 0.339. The highest BCUT2D eigenvalue weighted by molar-refractivity contribution is 6.32. The molecule has 78 valence electrons. The number of hydrogen-bond acceptors (Lipinski definition) is 2. The van der Waals surface area contributed by atoms with Crippen molar-refractivity contribution in [1.29, 1.82) is 0 Å². The Hall–Kier alpha value is -1.55. The Morgan fingerprint density at radius 3 is 2.80 bits per heavy atom. The first-order valence-electron chi connectivity index (χ1n) is 4.40. The van der Waals surface area contributed by atoms with E-state index in [9.17, 15) is 4.39 Å². The van der Waals surface area contributed by atoms with Crippen molar-refractivity contribution in [2.24, 2.45) is 0 Å². The van der Waals surface area contributed by atoms with E-state index in [1.54, 1.807) is 25.2 Å². The highest BCUT2D eigenvalue weighted by atomic mass is 35.5. The molecule has 0 saturated carbocycles. The van der Waals surface area contributed by atoms with Gasteiger partial charge in [0.1, 0.15) is 22.3 Å². The average molecular weight is 226 g/mol. The standard InChI is InChI=1S/C10H9ClFN3/c1-13-10-7(11)6-14-15(10)9-5-3-2-4-8(9)12/h2-6,13H,1H3. The summed E-state index contributed by atoms with van der Waals surface area (Å²) >= 11 is 5.88. The van der Waals surface area contributed by atoms with Crippen LogP contribution in [0, 0.1) is 5.82 Å². The van der Waals surface area contributed by atoms with E-state index in [-0.39, 0.29) is 5.82 Å². The van der Waals surface area contributed by atoms with Crippen LogP contribution >= 0.6 is 11.6 Å². The van der Waals surface area contributed by atoms with Gasteiger partial charge in [0.2, 0.25) is 0 Å². The second kappa shape index (κ2) is 3.90. The smallest absolute Gasteiger partial charge is 0.148 e. The zero-order valence-electron chi connectivity index (χ0n) is 8.04. The van der Waals surface area contributed by atoms with Crippen LogP contribution in [0.4, 0.5) is 10.2 Å². The Morgan fingerprint density at radius 1 is 1.40 bits per heavy atom. The van der Waals surface area contributed by atoms with Gasteiger partial charge in [-0.05, 0) is 12.1 Å². The monoisotopic (exact) mass is 225 g/mol. The normalized spacial score (nSPS) is 10.3. The highest BCUT2D eigenvalue weighted by Crippen LogP contribution is 2.24. The van der Waals surface area contributed by atoms with Crippen LogP contribution in [-0.4, -0.2) is 16.8 Å². The van der Waals surface area contributed by atoms with Crippen molar-refractivity contribution in [2.45, 2.75) is 0 Å². The van der Waals surface area contributed by atoms with Gasteiger partial charge in [-0.1, -0.05) is 23.7 Å². The molecule has 0 radical (unpaired) electrons. The van der Waals surface area contributed by atoms with Crippen LogP contribution in [0.1, 0.15) is 0 Å². The van der Waals surface area contributed by atoms with Crippen molar-refractivity contribution >= 4 is 17.4 Å². The summed E-state index contributed by atoms with van der Waals surface area (Å²) in [6.07, 6.45) is 1.47. The molecular weight excluding hydrogens is 217 g/mol. The molecule has 0 bridgehead atoms. The number of nitrogens with one attached hydrogen (secondary N) is 1. The fraction of sp³-hybridized carbons (Fsp3) is 0.100. The van der Waals surface area contributed by atoms with Crippen LogP contribution in [0.25, 0.3) is 5.69 Å². The fourth-order valence-electron chi connectivity index (χ4n) is 1.36. The van der Waals surface area contributed by atoms with Crippen molar-refractivity contribution in [3.05, 3.63) is 41.3 Å². The largest absolute Gasteiger partial charge is 0.372 e. The number of rotatable bonds is 2. The van der Waals surface area contributed by atoms with Crippen molar-refractivity contribution in [3.8, 4) is 5.69 Å². The molecule has 0 aliphatic rings. The molecule has 1 N–H and O–H groups in total. The molecule has 3 nitrogen and oxygen atoms in total. The van der Waals surface area contributed by atoms with E-state index in [0.29, 0.717) is 16.5 Å². The first kappa shape index (κ1) is 9.98. The molecule has 0 unspecified atom stereocenters. The molecule has 15 heavy (non-hydrogen) atoms. The maximum Gasteiger partial charge on any atom is 0.148 e. The lowest BCUT2D eigenvalue weighted by Crippen LogP contribution is -2.04. The summed E-state index contributed by atoms with van der Waals surface area (Å²) in [6, 6.07) is 6.39. The van der Waals surface area contributed by atoms with E-state index in [0.717, 1.165) is 0 Å². The Labute approximate surface area is 91.5 Å². The molecule has 0 fully saturated rings. The summed E-state index contributed by atoms with van der Waals surface area (Å²) in [5.74, 6) is 0.232. The Bertz CT molecular complexity index is 481. The topological polar surface area (TPSA) is 29.9 Å². The second-order valence-electron chi connectivity index (χ2n) is 2.95. The van der Waals surface area contributed by atoms with E-state index in [1.165, 1.54) is 16.9 Å². The maximum absolute atomic E-state index is 13.5. The zero-order chi connectivity index (χ0) is 10.8. The molecule has 2 aromatic rings. The number of halogens is 2. The molecule has 1 aromatic heterocycles. The van der Waals surface area contributed by atoms with Crippen molar-refractivity contribution in [3.63, 3.8) is 0 Å². The second-order valence-corrected chi connectivity index (χ2v) is 3.36. The van der Waals surface area contributed by atoms with Crippen LogP contribution in [0.3, 0.4) is 0 Å². The van der Waals surface area contributed by atoms with E-state index in [2.05, 4.69) is 10.4 Å². The summed E-state index contributed by atoms with van der Waals surface area (Å²) in [7, 11) is 1.71. The fourth-order valence-corrected chi connectivity index (χ4v) is 1.58. The Morgan fingerprint density at radius 2 is 2.13 bits per heavy atom. The van der Waals surface area contributed by atoms with Gasteiger partial charge in [0.25, 0.3) is 0 Å². The summed E-state index contributed by atoms with van der Waals surface area (Å²) in [5, 5.41) is 7.33. The summed E-state index contributed by atoms with van der Waals surface area (Å²) in [4.78, 5) is 0. The number of hydrogen-bond donors (Lipinski definition) is 1. The van der Waals surface area contributed by atoms with Crippen LogP contribution in [0.15, 0.2) is 30.5 Å². The first-order chi connectivity index (χ1) is 7.24. The molecular formula is C10H9ClFN3. The van der Waals surface area contributed by atoms with Gasteiger partial charge in [0.05, 0.1) is 6.20 Å². The lowest BCUT2D eigenvalue weighted by molar-refractivity contribution is 0.611. The van der Waals surface area contributed by atoms with Gasteiger partial charge in [-0.25, -0.2) is 9.07 Å². The van der Waals surface area contributed by atoms with Crippen molar-refractivity contribution in [1.82, 2.24) is 9.78 Å². The number of benzene rings is 1. The molecule has 0 amide bonds. The quantitative estimate of drug-likeness (QED) is 0.852. The maximum atomic E-state index is 13.5. The van der Waals surface area contributed by atoms with Gasteiger partial charge in [-0.3, -0.25) is 0 Å². The molecule has 0 saturated heterocycles. The Balaban J connectivity index is 2.59. The lowest BCUT2D eigenvalue weighted by atomic mass is 10.3. The zero-order valence-corrected chi connectivity index (χ0v) is 8.79. The van der Waals surface area contributed by atoms with Crippen LogP contribution in [0.5, 0.6) is 0 Å². The average Bonchev–Trinajstić information content (AvgIpc) is 2.60. The molecule has 1 aromatic carbocycles. The SMILES string of the molecule is CNc1c(Cl)cnn1-c1ccccc1F. The minimum Gasteiger partial charge on any atom is -0.372 e. The summed E-state index contributed by atoms with van der Waals surface area (Å²) in [6.45, 7) is 0. The third-order valence-corrected chi connectivity index (χ3v) is 2.32. The third-order valence-electron chi connectivity index (χ3n) is 2.04. The third kappa shape index (κ3) is 1.68. The van der Waals surface area contributed by atoms with Gasteiger partial charge < -0.3 is 5.32 Å². The van der Waals surface area contributed by atoms with Gasteiger partial charge in [0, 0.05) is 7.05 Å². The number of aromatic nitrogens is 2. The number of anilines is 1. The molecule has 0 spiro atoms. The minimum atomic E-state index is -0.339. The molecule has 0 atom stereocenters. The summed E-state index contributed by atoms with van der Waals surface area (Å²) in [5.41, 5.74) is 0.369. The summed E-state index contributed by atoms with van der Waals surface area (Å²) < 4.78 is 14.9. The molecule has 0 aliphatic heterocycles. The van der Waals surface area contributed by atoms with E-state index < -0.39 is 0 Å².